The molecule has 0 amide bonds. The topological polar surface area (TPSA) is 78.1 Å². The van der Waals surface area contributed by atoms with E-state index in [4.69, 9.17) is 9.26 Å². The van der Waals surface area contributed by atoms with Gasteiger partial charge in [0.05, 0.1) is 26.5 Å². The highest BCUT2D eigenvalue weighted by Gasteiger charge is 2.12. The second kappa shape index (κ2) is 7.12. The first kappa shape index (κ1) is 15.9. The minimum Gasteiger partial charge on any atom is -0.456 e. The maximum Gasteiger partial charge on any atom is 0.306 e. The molecule has 4 aromatic rings. The summed E-state index contributed by atoms with van der Waals surface area (Å²) >= 11 is 3.12. The van der Waals surface area contributed by atoms with Crippen LogP contribution in [0.3, 0.4) is 0 Å². The van der Waals surface area contributed by atoms with Gasteiger partial charge in [-0.25, -0.2) is 4.98 Å². The lowest BCUT2D eigenvalue weighted by Gasteiger charge is -2.00. The molecule has 126 valence electrons. The van der Waals surface area contributed by atoms with E-state index >= 15 is 0 Å². The van der Waals surface area contributed by atoms with E-state index in [1.165, 1.54) is 11.3 Å². The van der Waals surface area contributed by atoms with Crippen molar-refractivity contribution in [3.63, 3.8) is 0 Å². The van der Waals surface area contributed by atoms with Gasteiger partial charge in [-0.15, -0.1) is 22.7 Å². The van der Waals surface area contributed by atoms with Gasteiger partial charge in [0.2, 0.25) is 5.82 Å². The minimum atomic E-state index is -0.310. The van der Waals surface area contributed by atoms with Gasteiger partial charge in [-0.05, 0) is 23.6 Å². The van der Waals surface area contributed by atoms with Crippen molar-refractivity contribution in [2.24, 2.45) is 0 Å². The smallest absolute Gasteiger partial charge is 0.306 e. The first-order valence-corrected chi connectivity index (χ1v) is 9.34. The van der Waals surface area contributed by atoms with Crippen LogP contribution in [0.25, 0.3) is 20.9 Å². The lowest BCUT2D eigenvalue weighted by atomic mass is 10.3. The van der Waals surface area contributed by atoms with Crippen molar-refractivity contribution >= 4 is 38.9 Å². The highest BCUT2D eigenvalue weighted by atomic mass is 32.1. The molecule has 3 heterocycles. The molecule has 0 saturated carbocycles. The summed E-state index contributed by atoms with van der Waals surface area (Å²) in [6.45, 7) is -0.0168. The Balaban J connectivity index is 1.29. The number of fused-ring (bicyclic) bond motifs is 1. The van der Waals surface area contributed by atoms with Crippen LogP contribution in [0.5, 0.6) is 0 Å². The van der Waals surface area contributed by atoms with Gasteiger partial charge in [-0.3, -0.25) is 4.79 Å². The molecule has 8 heteroatoms. The SMILES string of the molecule is O=C(CCc1nc2ccccc2s1)OCc1nc(-c2cccs2)no1. The zero-order chi connectivity index (χ0) is 17.1. The van der Waals surface area contributed by atoms with Gasteiger partial charge in [0, 0.05) is 6.42 Å². The lowest BCUT2D eigenvalue weighted by Crippen LogP contribution is -2.06. The van der Waals surface area contributed by atoms with E-state index in [1.807, 2.05) is 41.8 Å². The Morgan fingerprint density at radius 1 is 1.16 bits per heavy atom. The van der Waals surface area contributed by atoms with Crippen LogP contribution >= 0.6 is 22.7 Å². The molecule has 0 radical (unpaired) electrons. The summed E-state index contributed by atoms with van der Waals surface area (Å²) in [5.74, 6) is 0.488. The number of thiophene rings is 1. The number of hydrogen-bond acceptors (Lipinski definition) is 8. The van der Waals surface area contributed by atoms with Crippen molar-refractivity contribution < 1.29 is 14.1 Å². The number of ether oxygens (including phenoxy) is 1. The Morgan fingerprint density at radius 2 is 2.08 bits per heavy atom. The molecule has 4 rings (SSSR count). The van der Waals surface area contributed by atoms with E-state index in [1.54, 1.807) is 11.3 Å². The molecule has 25 heavy (non-hydrogen) atoms. The van der Waals surface area contributed by atoms with Crippen LogP contribution in [0.2, 0.25) is 0 Å². The molecule has 0 spiro atoms. The van der Waals surface area contributed by atoms with Crippen molar-refractivity contribution in [3.8, 4) is 10.7 Å². The molecular weight excluding hydrogens is 358 g/mol. The normalized spacial score (nSPS) is 11.0. The maximum atomic E-state index is 11.9. The Labute approximate surface area is 151 Å². The molecule has 1 aromatic carbocycles. The number of hydrogen-bond donors (Lipinski definition) is 0. The number of para-hydroxylation sites is 1. The number of benzene rings is 1. The fourth-order valence-electron chi connectivity index (χ4n) is 2.27. The average molecular weight is 371 g/mol. The Bertz CT molecular complexity index is 959. The van der Waals surface area contributed by atoms with Crippen LogP contribution < -0.4 is 0 Å². The van der Waals surface area contributed by atoms with E-state index in [9.17, 15) is 4.79 Å². The van der Waals surface area contributed by atoms with Gasteiger partial charge in [0.25, 0.3) is 5.89 Å². The van der Waals surface area contributed by atoms with E-state index in [-0.39, 0.29) is 24.9 Å². The molecule has 0 saturated heterocycles. The third-order valence-corrected chi connectivity index (χ3v) is 5.41. The average Bonchev–Trinajstić information content (AvgIpc) is 3.37. The lowest BCUT2D eigenvalue weighted by molar-refractivity contribution is -0.145. The van der Waals surface area contributed by atoms with Gasteiger partial charge in [-0.1, -0.05) is 23.4 Å². The fourth-order valence-corrected chi connectivity index (χ4v) is 3.89. The number of thiazole rings is 1. The van der Waals surface area contributed by atoms with Gasteiger partial charge in [0.1, 0.15) is 0 Å². The van der Waals surface area contributed by atoms with Gasteiger partial charge >= 0.3 is 5.97 Å². The quantitative estimate of drug-likeness (QED) is 0.475. The third kappa shape index (κ3) is 3.75. The van der Waals surface area contributed by atoms with Crippen LogP contribution in [0, 0.1) is 0 Å². The molecule has 0 bridgehead atoms. The highest BCUT2D eigenvalue weighted by Crippen LogP contribution is 2.23. The molecule has 0 aliphatic heterocycles. The number of rotatable bonds is 6. The van der Waals surface area contributed by atoms with Gasteiger partial charge in [-0.2, -0.15) is 4.98 Å². The summed E-state index contributed by atoms with van der Waals surface area (Å²) < 4.78 is 11.4. The van der Waals surface area contributed by atoms with Crippen molar-refractivity contribution in [1.29, 1.82) is 0 Å². The van der Waals surface area contributed by atoms with Crippen LogP contribution in [-0.2, 0) is 22.6 Å². The van der Waals surface area contributed by atoms with E-state index in [0.29, 0.717) is 12.2 Å². The monoisotopic (exact) mass is 371 g/mol. The zero-order valence-electron chi connectivity index (χ0n) is 13.0. The Morgan fingerprint density at radius 3 is 2.92 bits per heavy atom. The summed E-state index contributed by atoms with van der Waals surface area (Å²) in [6, 6.07) is 11.7. The van der Waals surface area contributed by atoms with Crippen molar-refractivity contribution in [2.45, 2.75) is 19.4 Å². The fraction of sp³-hybridized carbons (Fsp3) is 0.176. The van der Waals surface area contributed by atoms with Crippen LogP contribution in [0.1, 0.15) is 17.3 Å². The summed E-state index contributed by atoms with van der Waals surface area (Å²) in [7, 11) is 0. The first-order chi connectivity index (χ1) is 12.3. The largest absolute Gasteiger partial charge is 0.456 e. The second-order valence-electron chi connectivity index (χ2n) is 5.23. The number of carbonyl (C=O) groups excluding carboxylic acids is 1. The van der Waals surface area contributed by atoms with E-state index in [2.05, 4.69) is 15.1 Å². The highest BCUT2D eigenvalue weighted by molar-refractivity contribution is 7.18. The Kier molecular flexibility index (Phi) is 4.53. The molecule has 0 N–H and O–H groups in total. The molecular formula is C17H13N3O3S2. The molecule has 0 aliphatic carbocycles. The molecule has 0 atom stereocenters. The summed E-state index contributed by atoms with van der Waals surface area (Å²) in [6.07, 6.45) is 0.828. The summed E-state index contributed by atoms with van der Waals surface area (Å²) in [4.78, 5) is 21.5. The molecule has 0 fully saturated rings. The molecule has 6 nitrogen and oxygen atoms in total. The number of nitrogens with zero attached hydrogens (tertiary/aromatic N) is 3. The predicted octanol–water partition coefficient (Wildman–Crippen LogP) is 4.08. The van der Waals surface area contributed by atoms with E-state index < -0.39 is 0 Å². The number of carbonyl (C=O) groups is 1. The number of esters is 1. The number of aryl methyl sites for hydroxylation is 1. The predicted molar refractivity (Wildman–Crippen MR) is 95.3 cm³/mol. The van der Waals surface area contributed by atoms with E-state index in [0.717, 1.165) is 20.1 Å². The minimum absolute atomic E-state index is 0.0168. The molecule has 0 unspecified atom stereocenters. The zero-order valence-corrected chi connectivity index (χ0v) is 14.7. The summed E-state index contributed by atoms with van der Waals surface area (Å²) in [5, 5.41) is 6.74. The standard InChI is InChI=1S/C17H13N3O3S2/c21-16(8-7-15-18-11-4-1-2-5-12(11)25-15)22-10-14-19-17(20-23-14)13-6-3-9-24-13/h1-6,9H,7-8,10H2. The van der Waals surface area contributed by atoms with Gasteiger partial charge < -0.3 is 9.26 Å². The molecule has 3 aromatic heterocycles. The Hall–Kier alpha value is -2.58. The maximum absolute atomic E-state index is 11.9. The second-order valence-corrected chi connectivity index (χ2v) is 7.29. The van der Waals surface area contributed by atoms with Crippen LogP contribution in [0.4, 0.5) is 0 Å². The number of aromatic nitrogens is 3. The van der Waals surface area contributed by atoms with Gasteiger partial charge in [0.15, 0.2) is 6.61 Å². The first-order valence-electron chi connectivity index (χ1n) is 7.64. The third-order valence-electron chi connectivity index (χ3n) is 3.45. The van der Waals surface area contributed by atoms with Crippen LogP contribution in [0.15, 0.2) is 46.3 Å². The van der Waals surface area contributed by atoms with Crippen molar-refractivity contribution in [2.75, 3.05) is 0 Å². The van der Waals surface area contributed by atoms with Crippen molar-refractivity contribution in [3.05, 3.63) is 52.7 Å². The molecule has 0 aliphatic rings. The van der Waals surface area contributed by atoms with Crippen molar-refractivity contribution in [1.82, 2.24) is 15.1 Å². The van der Waals surface area contributed by atoms with Crippen LogP contribution in [-0.4, -0.2) is 21.1 Å². The summed E-state index contributed by atoms with van der Waals surface area (Å²) in [5.41, 5.74) is 0.961.